The van der Waals surface area contributed by atoms with Crippen LogP contribution in [0.4, 0.5) is 13.2 Å². The van der Waals surface area contributed by atoms with Crippen LogP contribution in [0.3, 0.4) is 0 Å². The minimum Gasteiger partial charge on any atom is -0.481 e. The summed E-state index contributed by atoms with van der Waals surface area (Å²) in [6.07, 6.45) is -3.11. The Bertz CT molecular complexity index is 446. The number of hydrogen-bond acceptors (Lipinski definition) is 2. The van der Waals surface area contributed by atoms with Crippen molar-refractivity contribution in [1.82, 2.24) is 5.32 Å². The van der Waals surface area contributed by atoms with Crippen molar-refractivity contribution < 1.29 is 23.1 Å². The maximum absolute atomic E-state index is 12.5. The third kappa shape index (κ3) is 6.06. The highest BCUT2D eigenvalue weighted by Gasteiger charge is 2.30. The van der Waals surface area contributed by atoms with Gasteiger partial charge in [-0.1, -0.05) is 18.2 Å². The van der Waals surface area contributed by atoms with Crippen LogP contribution in [0.1, 0.15) is 30.9 Å². The summed E-state index contributed by atoms with van der Waals surface area (Å²) in [4.78, 5) is 10.3. The summed E-state index contributed by atoms with van der Waals surface area (Å²) in [5.74, 6) is -0.873. The van der Waals surface area contributed by atoms with Gasteiger partial charge in [-0.2, -0.15) is 13.2 Å². The van der Waals surface area contributed by atoms with Crippen LogP contribution in [0.2, 0.25) is 0 Å². The summed E-state index contributed by atoms with van der Waals surface area (Å²) in [6.45, 7) is 2.24. The van der Waals surface area contributed by atoms with Crippen molar-refractivity contribution in [3.63, 3.8) is 0 Å². The second-order valence-corrected chi connectivity index (χ2v) is 4.74. The predicted octanol–water partition coefficient (Wildman–Crippen LogP) is 3.09. The average molecular weight is 289 g/mol. The van der Waals surface area contributed by atoms with E-state index in [1.165, 1.54) is 6.07 Å². The van der Waals surface area contributed by atoms with Crippen molar-refractivity contribution in [2.24, 2.45) is 0 Å². The Balaban J connectivity index is 2.43. The van der Waals surface area contributed by atoms with E-state index in [2.05, 4.69) is 5.32 Å². The van der Waals surface area contributed by atoms with Gasteiger partial charge in [0.05, 0.1) is 12.0 Å². The summed E-state index contributed by atoms with van der Waals surface area (Å²) in [5.41, 5.74) is -0.00630. The Morgan fingerprint density at radius 3 is 2.70 bits per heavy atom. The predicted molar refractivity (Wildman–Crippen MR) is 69.5 cm³/mol. The lowest BCUT2D eigenvalue weighted by atomic mass is 10.0. The zero-order valence-corrected chi connectivity index (χ0v) is 11.2. The minimum atomic E-state index is -4.32. The van der Waals surface area contributed by atoms with E-state index < -0.39 is 17.7 Å². The van der Waals surface area contributed by atoms with Crippen molar-refractivity contribution in [2.75, 3.05) is 6.54 Å². The molecule has 0 radical (unpaired) electrons. The van der Waals surface area contributed by atoms with E-state index in [9.17, 15) is 18.0 Å². The Labute approximate surface area is 115 Å². The fourth-order valence-corrected chi connectivity index (χ4v) is 1.81. The van der Waals surface area contributed by atoms with Crippen LogP contribution in [0.25, 0.3) is 0 Å². The number of nitrogens with one attached hydrogen (secondary N) is 1. The largest absolute Gasteiger partial charge is 0.481 e. The van der Waals surface area contributed by atoms with Gasteiger partial charge in [-0.3, -0.25) is 4.79 Å². The molecule has 0 saturated carbocycles. The normalized spacial score (nSPS) is 13.2. The first-order chi connectivity index (χ1) is 9.29. The Morgan fingerprint density at radius 2 is 2.10 bits per heavy atom. The molecule has 0 saturated heterocycles. The van der Waals surface area contributed by atoms with E-state index in [0.717, 1.165) is 12.1 Å². The highest BCUT2D eigenvalue weighted by molar-refractivity contribution is 5.66. The van der Waals surface area contributed by atoms with E-state index in [4.69, 9.17) is 5.11 Å². The monoisotopic (exact) mass is 289 g/mol. The summed E-state index contributed by atoms with van der Waals surface area (Å²) in [7, 11) is 0. The topological polar surface area (TPSA) is 49.3 Å². The van der Waals surface area contributed by atoms with Crippen molar-refractivity contribution in [2.45, 2.75) is 38.4 Å². The van der Waals surface area contributed by atoms with Crippen molar-refractivity contribution in [1.29, 1.82) is 0 Å². The van der Waals surface area contributed by atoms with Gasteiger partial charge in [-0.05, 0) is 31.4 Å². The fraction of sp³-hybridized carbons (Fsp3) is 0.500. The van der Waals surface area contributed by atoms with Gasteiger partial charge in [0, 0.05) is 12.6 Å². The lowest BCUT2D eigenvalue weighted by Crippen LogP contribution is -2.28. The molecule has 0 spiro atoms. The third-order valence-electron chi connectivity index (χ3n) is 2.95. The number of hydrogen-bond donors (Lipinski definition) is 2. The molecule has 0 aliphatic carbocycles. The highest BCUT2D eigenvalue weighted by atomic mass is 19.4. The van der Waals surface area contributed by atoms with E-state index in [0.29, 0.717) is 24.9 Å². The molecule has 0 aliphatic rings. The van der Waals surface area contributed by atoms with Crippen LogP contribution in [-0.2, 0) is 17.4 Å². The average Bonchev–Trinajstić information content (AvgIpc) is 2.35. The first-order valence-corrected chi connectivity index (χ1v) is 6.40. The van der Waals surface area contributed by atoms with Gasteiger partial charge in [0.1, 0.15) is 0 Å². The number of aryl methyl sites for hydroxylation is 1. The second kappa shape index (κ2) is 7.28. The number of carbonyl (C=O) groups is 1. The molecular weight excluding hydrogens is 271 g/mol. The smallest absolute Gasteiger partial charge is 0.416 e. The van der Waals surface area contributed by atoms with Crippen molar-refractivity contribution in [3.8, 4) is 0 Å². The van der Waals surface area contributed by atoms with Gasteiger partial charge in [-0.15, -0.1) is 0 Å². The molecule has 0 fully saturated rings. The molecule has 0 aromatic heterocycles. The number of halogens is 3. The molecular formula is C14H18F3NO2. The van der Waals surface area contributed by atoms with Crippen molar-refractivity contribution >= 4 is 5.97 Å². The number of alkyl halides is 3. The number of rotatable bonds is 7. The van der Waals surface area contributed by atoms with E-state index in [1.807, 2.05) is 6.92 Å². The van der Waals surface area contributed by atoms with Gasteiger partial charge < -0.3 is 10.4 Å². The zero-order chi connectivity index (χ0) is 15.2. The molecule has 0 bridgehead atoms. The van der Waals surface area contributed by atoms with Gasteiger partial charge in [0.15, 0.2) is 0 Å². The quantitative estimate of drug-likeness (QED) is 0.811. The first-order valence-electron chi connectivity index (χ1n) is 6.40. The number of aliphatic carboxylic acids is 1. The molecule has 112 valence electrons. The number of carboxylic acids is 1. The molecule has 0 amide bonds. The van der Waals surface area contributed by atoms with Crippen LogP contribution in [-0.4, -0.2) is 23.7 Å². The zero-order valence-electron chi connectivity index (χ0n) is 11.2. The maximum Gasteiger partial charge on any atom is 0.416 e. The number of carboxylic acid groups (broad SMARTS) is 1. The first kappa shape index (κ1) is 16.5. The van der Waals surface area contributed by atoms with Gasteiger partial charge in [-0.25, -0.2) is 0 Å². The van der Waals surface area contributed by atoms with Gasteiger partial charge in [0.2, 0.25) is 0 Å². The molecule has 1 aromatic carbocycles. The lowest BCUT2D eigenvalue weighted by molar-refractivity contribution is -0.138. The second-order valence-electron chi connectivity index (χ2n) is 4.74. The highest BCUT2D eigenvalue weighted by Crippen LogP contribution is 2.29. The minimum absolute atomic E-state index is 0.0356. The Kier molecular flexibility index (Phi) is 6.01. The molecule has 0 aliphatic heterocycles. The van der Waals surface area contributed by atoms with E-state index in [1.54, 1.807) is 6.07 Å². The molecule has 6 heteroatoms. The molecule has 0 heterocycles. The summed E-state index contributed by atoms with van der Waals surface area (Å²) in [6, 6.07) is 5.34. The summed E-state index contributed by atoms with van der Waals surface area (Å²) < 4.78 is 37.6. The fourth-order valence-electron chi connectivity index (χ4n) is 1.81. The SMILES string of the molecule is CC(CCc1cccc(C(F)(F)F)c1)NCCC(=O)O. The van der Waals surface area contributed by atoms with Crippen LogP contribution >= 0.6 is 0 Å². The third-order valence-corrected chi connectivity index (χ3v) is 2.95. The Hall–Kier alpha value is -1.56. The van der Waals surface area contributed by atoms with Crippen molar-refractivity contribution in [3.05, 3.63) is 35.4 Å². The number of benzene rings is 1. The van der Waals surface area contributed by atoms with Crippen LogP contribution in [0.5, 0.6) is 0 Å². The molecule has 1 atom stereocenters. The van der Waals surface area contributed by atoms with E-state index in [-0.39, 0.29) is 12.5 Å². The summed E-state index contributed by atoms with van der Waals surface area (Å²) >= 11 is 0. The van der Waals surface area contributed by atoms with Gasteiger partial charge in [0.25, 0.3) is 0 Å². The lowest BCUT2D eigenvalue weighted by Gasteiger charge is -2.13. The van der Waals surface area contributed by atoms with E-state index >= 15 is 0 Å². The molecule has 20 heavy (non-hydrogen) atoms. The molecule has 1 rings (SSSR count). The molecule has 2 N–H and O–H groups in total. The van der Waals surface area contributed by atoms with Gasteiger partial charge >= 0.3 is 12.1 Å². The van der Waals surface area contributed by atoms with Crippen LogP contribution in [0, 0.1) is 0 Å². The Morgan fingerprint density at radius 1 is 1.40 bits per heavy atom. The standard InChI is InChI=1S/C14H18F3NO2/c1-10(18-8-7-13(19)20)5-6-11-3-2-4-12(9-11)14(15,16)17/h2-4,9-10,18H,5-8H2,1H3,(H,19,20). The molecule has 3 nitrogen and oxygen atoms in total. The van der Waals surface area contributed by atoms with Crippen LogP contribution in [0.15, 0.2) is 24.3 Å². The molecule has 1 aromatic rings. The maximum atomic E-state index is 12.5. The summed E-state index contributed by atoms with van der Waals surface area (Å²) in [5, 5.41) is 11.5. The van der Waals surface area contributed by atoms with Crippen LogP contribution < -0.4 is 5.32 Å². The molecule has 1 unspecified atom stereocenters.